The summed E-state index contributed by atoms with van der Waals surface area (Å²) >= 11 is 1.28. The number of pyridine rings is 1. The topological polar surface area (TPSA) is 88.3 Å². The second kappa shape index (κ2) is 10.4. The molecule has 5 rings (SSSR count). The average molecular weight is 521 g/mol. The molecule has 1 aliphatic rings. The summed E-state index contributed by atoms with van der Waals surface area (Å²) in [6.07, 6.45) is 8.44. The summed E-state index contributed by atoms with van der Waals surface area (Å²) in [7, 11) is 3.57. The first-order valence-corrected chi connectivity index (χ1v) is 13.3. The van der Waals surface area contributed by atoms with Gasteiger partial charge in [0.25, 0.3) is 0 Å². The highest BCUT2D eigenvalue weighted by molar-refractivity contribution is 7.14. The van der Waals surface area contributed by atoms with Gasteiger partial charge in [0.1, 0.15) is 11.5 Å². The first kappa shape index (κ1) is 25.1. The number of aromatic nitrogens is 3. The lowest BCUT2D eigenvalue weighted by molar-refractivity contribution is -0.140. The second-order valence-electron chi connectivity index (χ2n) is 9.85. The van der Waals surface area contributed by atoms with E-state index in [0.717, 1.165) is 47.8 Å². The van der Waals surface area contributed by atoms with Crippen LogP contribution in [0.3, 0.4) is 0 Å². The number of rotatable bonds is 8. The van der Waals surface area contributed by atoms with Gasteiger partial charge in [-0.3, -0.25) is 14.5 Å². The van der Waals surface area contributed by atoms with Crippen molar-refractivity contribution in [2.45, 2.75) is 38.5 Å². The van der Waals surface area contributed by atoms with Gasteiger partial charge in [-0.1, -0.05) is 31.7 Å². The van der Waals surface area contributed by atoms with E-state index in [1.807, 2.05) is 29.9 Å². The largest absolute Gasteiger partial charge is 0.481 e. The summed E-state index contributed by atoms with van der Waals surface area (Å²) < 4.78 is 16.3. The van der Waals surface area contributed by atoms with Crippen molar-refractivity contribution in [1.82, 2.24) is 14.5 Å². The number of carboxylic acids is 1. The molecule has 1 aromatic carbocycles. The Labute approximate surface area is 218 Å². The third-order valence-corrected chi connectivity index (χ3v) is 8.16. The highest BCUT2D eigenvalue weighted by Crippen LogP contribution is 2.37. The molecule has 0 spiro atoms. The molecule has 37 heavy (non-hydrogen) atoms. The van der Waals surface area contributed by atoms with Gasteiger partial charge in [0.05, 0.1) is 12.1 Å². The van der Waals surface area contributed by atoms with Gasteiger partial charge in [-0.15, -0.1) is 11.3 Å². The molecule has 1 fully saturated rings. The summed E-state index contributed by atoms with van der Waals surface area (Å²) in [6, 6.07) is 8.57. The molecule has 1 amide bonds. The molecule has 1 aliphatic carbocycles. The third kappa shape index (κ3) is 5.27. The minimum atomic E-state index is -0.974. The maximum Gasteiger partial charge on any atom is 0.304 e. The van der Waals surface area contributed by atoms with Crippen LogP contribution in [0.4, 0.5) is 9.52 Å². The number of carboxylic acid groups (broad SMARTS) is 1. The number of carbonyl (C=O) groups excluding carboxylic acids is 1. The average Bonchev–Trinajstić information content (AvgIpc) is 3.64. The van der Waals surface area contributed by atoms with Crippen LogP contribution in [0.5, 0.6) is 0 Å². The molecular weight excluding hydrogens is 491 g/mol. The van der Waals surface area contributed by atoms with Gasteiger partial charge in [-0.25, -0.2) is 14.4 Å². The van der Waals surface area contributed by atoms with Gasteiger partial charge in [0.2, 0.25) is 5.91 Å². The van der Waals surface area contributed by atoms with Gasteiger partial charge in [0, 0.05) is 54.3 Å². The van der Waals surface area contributed by atoms with E-state index in [-0.39, 0.29) is 18.1 Å². The monoisotopic (exact) mass is 520 g/mol. The van der Waals surface area contributed by atoms with Crippen LogP contribution < -0.4 is 4.90 Å². The number of hydrogen-bond acceptors (Lipinski definition) is 5. The molecule has 3 aromatic heterocycles. The number of nitrogens with zero attached hydrogens (tertiary/aromatic N) is 4. The summed E-state index contributed by atoms with van der Waals surface area (Å²) in [6.45, 7) is 0. The van der Waals surface area contributed by atoms with E-state index in [9.17, 15) is 19.1 Å². The Morgan fingerprint density at radius 1 is 1.22 bits per heavy atom. The predicted molar refractivity (Wildman–Crippen MR) is 143 cm³/mol. The highest BCUT2D eigenvalue weighted by atomic mass is 32.1. The molecule has 7 nitrogen and oxygen atoms in total. The van der Waals surface area contributed by atoms with Gasteiger partial charge >= 0.3 is 5.97 Å². The molecule has 1 N–H and O–H groups in total. The normalized spacial score (nSPS) is 14.8. The third-order valence-electron chi connectivity index (χ3n) is 7.25. The fourth-order valence-electron chi connectivity index (χ4n) is 5.32. The van der Waals surface area contributed by atoms with Crippen LogP contribution >= 0.6 is 11.3 Å². The van der Waals surface area contributed by atoms with Crippen molar-refractivity contribution in [2.75, 3.05) is 11.9 Å². The Morgan fingerprint density at radius 2 is 2.00 bits per heavy atom. The van der Waals surface area contributed by atoms with Crippen LogP contribution in [-0.2, 0) is 16.6 Å². The Morgan fingerprint density at radius 3 is 2.76 bits per heavy atom. The fraction of sp³-hybridized carbons (Fsp3) is 0.357. The van der Waals surface area contributed by atoms with Crippen molar-refractivity contribution in [2.24, 2.45) is 18.9 Å². The molecule has 1 unspecified atom stereocenters. The molecule has 0 saturated heterocycles. The number of anilines is 1. The maximum absolute atomic E-state index is 14.4. The number of aryl methyl sites for hydroxylation is 1. The highest BCUT2D eigenvalue weighted by Gasteiger charge is 2.30. The number of carbonyl (C=O) groups is 2. The smallest absolute Gasteiger partial charge is 0.304 e. The number of hydrogen-bond donors (Lipinski definition) is 1. The molecule has 1 atom stereocenters. The zero-order valence-corrected chi connectivity index (χ0v) is 21.7. The van der Waals surface area contributed by atoms with E-state index in [1.165, 1.54) is 28.4 Å². The van der Waals surface area contributed by atoms with Gasteiger partial charge in [0.15, 0.2) is 5.13 Å². The summed E-state index contributed by atoms with van der Waals surface area (Å²) in [5.41, 5.74) is 3.64. The molecule has 1 saturated carbocycles. The van der Waals surface area contributed by atoms with E-state index >= 15 is 0 Å². The Balaban J connectivity index is 1.44. The van der Waals surface area contributed by atoms with Crippen molar-refractivity contribution in [1.29, 1.82) is 0 Å². The zero-order valence-electron chi connectivity index (χ0n) is 20.9. The number of thiazole rings is 1. The van der Waals surface area contributed by atoms with Crippen LogP contribution in [0.2, 0.25) is 0 Å². The van der Waals surface area contributed by atoms with E-state index in [4.69, 9.17) is 0 Å². The van der Waals surface area contributed by atoms with Crippen molar-refractivity contribution < 1.29 is 19.1 Å². The van der Waals surface area contributed by atoms with E-state index in [2.05, 4.69) is 9.97 Å². The lowest BCUT2D eigenvalue weighted by atomic mass is 9.90. The zero-order chi connectivity index (χ0) is 26.1. The Hall–Kier alpha value is -3.59. The lowest BCUT2D eigenvalue weighted by Crippen LogP contribution is -2.35. The van der Waals surface area contributed by atoms with Crippen molar-refractivity contribution in [3.63, 3.8) is 0 Å². The Bertz CT molecular complexity index is 1460. The molecule has 0 bridgehead atoms. The summed E-state index contributed by atoms with van der Waals surface area (Å²) in [4.78, 5) is 35.5. The SMILES string of the molecule is CN(C(=O)C(CC(=O)O)CC1CCCC1)c1nc(-c2cc(F)ccc2-c2cnc3c(ccn3C)c2)cs1. The summed E-state index contributed by atoms with van der Waals surface area (Å²) in [5.74, 6) is -1.80. The van der Waals surface area contributed by atoms with Crippen LogP contribution in [0, 0.1) is 17.7 Å². The van der Waals surface area contributed by atoms with Crippen LogP contribution in [0.15, 0.2) is 48.1 Å². The second-order valence-corrected chi connectivity index (χ2v) is 10.7. The van der Waals surface area contributed by atoms with Crippen molar-refractivity contribution >= 4 is 39.4 Å². The van der Waals surface area contributed by atoms with Gasteiger partial charge in [-0.05, 0) is 42.2 Å². The number of aliphatic carboxylic acids is 1. The van der Waals surface area contributed by atoms with E-state index in [1.54, 1.807) is 24.7 Å². The van der Waals surface area contributed by atoms with Crippen LogP contribution in [-0.4, -0.2) is 38.6 Å². The standard InChI is InChI=1S/C28H29FN4O3S/c1-32-10-9-18-12-20(15-30-26(18)32)22-8-7-21(29)14-23(22)24-16-37-28(31-24)33(2)27(36)19(13-25(34)35)11-17-5-3-4-6-17/h7-10,12,14-17,19H,3-6,11,13H2,1-2H3,(H,34,35). The molecule has 0 aliphatic heterocycles. The lowest BCUT2D eigenvalue weighted by Gasteiger charge is -2.23. The number of halogens is 1. The molecule has 4 aromatic rings. The summed E-state index contributed by atoms with van der Waals surface area (Å²) in [5, 5.41) is 12.6. The molecule has 9 heteroatoms. The van der Waals surface area contributed by atoms with E-state index < -0.39 is 11.9 Å². The molecule has 192 valence electrons. The van der Waals surface area contributed by atoms with E-state index in [0.29, 0.717) is 28.7 Å². The number of benzene rings is 1. The van der Waals surface area contributed by atoms with Crippen LogP contribution in [0.1, 0.15) is 38.5 Å². The molecule has 3 heterocycles. The minimum absolute atomic E-state index is 0.194. The quantitative estimate of drug-likeness (QED) is 0.302. The van der Waals surface area contributed by atoms with Gasteiger partial charge in [-0.2, -0.15) is 0 Å². The Kier molecular flexibility index (Phi) is 7.06. The van der Waals surface area contributed by atoms with Crippen molar-refractivity contribution in [3.8, 4) is 22.4 Å². The first-order valence-electron chi connectivity index (χ1n) is 12.5. The fourth-order valence-corrected chi connectivity index (χ4v) is 6.12. The number of fused-ring (bicyclic) bond motifs is 1. The molecular formula is C28H29FN4O3S. The van der Waals surface area contributed by atoms with Crippen LogP contribution in [0.25, 0.3) is 33.4 Å². The minimum Gasteiger partial charge on any atom is -0.481 e. The van der Waals surface area contributed by atoms with Gasteiger partial charge < -0.3 is 9.67 Å². The predicted octanol–water partition coefficient (Wildman–Crippen LogP) is 6.14. The first-order chi connectivity index (χ1) is 17.8. The molecule has 0 radical (unpaired) electrons. The van der Waals surface area contributed by atoms with Crippen molar-refractivity contribution in [3.05, 3.63) is 53.9 Å². The number of amides is 1. The maximum atomic E-state index is 14.4.